The first kappa shape index (κ1) is 11.5. The Bertz CT molecular complexity index is 480. The maximum atomic E-state index is 11.7. The molecule has 1 N–H and O–H groups in total. The van der Waals surface area contributed by atoms with Gasteiger partial charge in [0.15, 0.2) is 11.5 Å². The number of ether oxygens (including phenoxy) is 2. The average Bonchev–Trinajstić information content (AvgIpc) is 2.96. The maximum Gasteiger partial charge on any atom is 0.318 e. The first-order valence-electron chi connectivity index (χ1n) is 5.84. The molecular weight excluding hydrogens is 252 g/mol. The SMILES string of the molecule is O=C1NC(c2ccc3c(c2)OCO3)CN1CCS. The van der Waals surface area contributed by atoms with E-state index >= 15 is 0 Å². The van der Waals surface area contributed by atoms with Crippen molar-refractivity contribution in [3.63, 3.8) is 0 Å². The summed E-state index contributed by atoms with van der Waals surface area (Å²) in [6.45, 7) is 1.59. The minimum atomic E-state index is -0.0354. The Morgan fingerprint density at radius 1 is 1.39 bits per heavy atom. The average molecular weight is 266 g/mol. The van der Waals surface area contributed by atoms with Crippen LogP contribution in [-0.2, 0) is 0 Å². The number of nitrogens with zero attached hydrogens (tertiary/aromatic N) is 1. The molecule has 0 bridgehead atoms. The van der Waals surface area contributed by atoms with Gasteiger partial charge in [-0.1, -0.05) is 6.07 Å². The van der Waals surface area contributed by atoms with Crippen molar-refractivity contribution < 1.29 is 14.3 Å². The molecule has 0 spiro atoms. The van der Waals surface area contributed by atoms with Gasteiger partial charge in [0.25, 0.3) is 0 Å². The van der Waals surface area contributed by atoms with Crippen molar-refractivity contribution in [2.75, 3.05) is 25.6 Å². The molecule has 0 saturated carbocycles. The van der Waals surface area contributed by atoms with Gasteiger partial charge in [0, 0.05) is 18.8 Å². The highest BCUT2D eigenvalue weighted by Crippen LogP contribution is 2.35. The number of hydrogen-bond donors (Lipinski definition) is 2. The normalized spacial score (nSPS) is 21.3. The summed E-state index contributed by atoms with van der Waals surface area (Å²) in [5.74, 6) is 2.17. The van der Waals surface area contributed by atoms with Gasteiger partial charge in [-0.25, -0.2) is 4.79 Å². The Labute approximate surface area is 110 Å². The van der Waals surface area contributed by atoms with Crippen LogP contribution in [0.2, 0.25) is 0 Å². The number of carbonyl (C=O) groups excluding carboxylic acids is 1. The van der Waals surface area contributed by atoms with Crippen LogP contribution in [-0.4, -0.2) is 36.6 Å². The molecule has 2 aliphatic heterocycles. The lowest BCUT2D eigenvalue weighted by atomic mass is 10.1. The number of benzene rings is 1. The van der Waals surface area contributed by atoms with Gasteiger partial charge in [0.1, 0.15) is 0 Å². The molecule has 1 fully saturated rings. The second-order valence-electron chi connectivity index (χ2n) is 4.28. The lowest BCUT2D eigenvalue weighted by molar-refractivity contribution is 0.174. The van der Waals surface area contributed by atoms with E-state index < -0.39 is 0 Å². The minimum Gasteiger partial charge on any atom is -0.454 e. The molecule has 1 aromatic rings. The molecule has 1 unspecified atom stereocenters. The topological polar surface area (TPSA) is 50.8 Å². The van der Waals surface area contributed by atoms with E-state index in [4.69, 9.17) is 9.47 Å². The summed E-state index contributed by atoms with van der Waals surface area (Å²) in [5.41, 5.74) is 1.04. The standard InChI is InChI=1S/C12H14N2O3S/c15-12-13-9(6-14(12)3-4-18)8-1-2-10-11(5-8)17-7-16-10/h1-2,5,9,18H,3-4,6-7H2,(H,13,15). The van der Waals surface area contributed by atoms with Gasteiger partial charge >= 0.3 is 6.03 Å². The molecule has 1 saturated heterocycles. The number of urea groups is 1. The fourth-order valence-corrected chi connectivity index (χ4v) is 2.46. The molecule has 2 amide bonds. The van der Waals surface area contributed by atoms with Crippen molar-refractivity contribution >= 4 is 18.7 Å². The summed E-state index contributed by atoms with van der Waals surface area (Å²) in [4.78, 5) is 13.5. The number of amides is 2. The predicted molar refractivity (Wildman–Crippen MR) is 69.3 cm³/mol. The molecule has 2 heterocycles. The van der Waals surface area contributed by atoms with Crippen molar-refractivity contribution in [2.45, 2.75) is 6.04 Å². The number of rotatable bonds is 3. The molecule has 6 heteroatoms. The Morgan fingerprint density at radius 2 is 2.22 bits per heavy atom. The zero-order chi connectivity index (χ0) is 12.5. The van der Waals surface area contributed by atoms with E-state index in [0.717, 1.165) is 17.1 Å². The van der Waals surface area contributed by atoms with Crippen LogP contribution >= 0.6 is 12.6 Å². The largest absolute Gasteiger partial charge is 0.454 e. The quantitative estimate of drug-likeness (QED) is 0.813. The number of nitrogens with one attached hydrogen (secondary N) is 1. The second-order valence-corrected chi connectivity index (χ2v) is 4.73. The van der Waals surface area contributed by atoms with Crippen LogP contribution in [0.3, 0.4) is 0 Å². The minimum absolute atomic E-state index is 0.00637. The summed E-state index contributed by atoms with van der Waals surface area (Å²) in [7, 11) is 0. The molecule has 2 aliphatic rings. The lowest BCUT2D eigenvalue weighted by Crippen LogP contribution is -2.29. The summed E-state index contributed by atoms with van der Waals surface area (Å²) >= 11 is 4.15. The highest BCUT2D eigenvalue weighted by Gasteiger charge is 2.30. The van der Waals surface area contributed by atoms with Crippen LogP contribution in [0.25, 0.3) is 0 Å². The molecular formula is C12H14N2O3S. The first-order valence-corrected chi connectivity index (χ1v) is 6.47. The third-order valence-electron chi connectivity index (χ3n) is 3.16. The smallest absolute Gasteiger partial charge is 0.318 e. The monoisotopic (exact) mass is 266 g/mol. The van der Waals surface area contributed by atoms with Gasteiger partial charge in [0.05, 0.1) is 6.04 Å². The molecule has 1 atom stereocenters. The second kappa shape index (κ2) is 4.61. The third kappa shape index (κ3) is 1.96. The zero-order valence-corrected chi connectivity index (χ0v) is 10.7. The molecule has 5 nitrogen and oxygen atoms in total. The van der Waals surface area contributed by atoms with E-state index in [2.05, 4.69) is 17.9 Å². The van der Waals surface area contributed by atoms with Gasteiger partial charge in [0.2, 0.25) is 6.79 Å². The van der Waals surface area contributed by atoms with Crippen LogP contribution in [0.1, 0.15) is 11.6 Å². The Kier molecular flexibility index (Phi) is 2.95. The van der Waals surface area contributed by atoms with E-state index in [-0.39, 0.29) is 18.9 Å². The van der Waals surface area contributed by atoms with Gasteiger partial charge in [-0.05, 0) is 17.7 Å². The van der Waals surface area contributed by atoms with Gasteiger partial charge < -0.3 is 19.7 Å². The molecule has 18 heavy (non-hydrogen) atoms. The Hall–Kier alpha value is -1.56. The fraction of sp³-hybridized carbons (Fsp3) is 0.417. The predicted octanol–water partition coefficient (Wildman–Crippen LogP) is 1.41. The van der Waals surface area contributed by atoms with E-state index in [1.54, 1.807) is 4.90 Å². The van der Waals surface area contributed by atoms with E-state index in [1.165, 1.54) is 0 Å². The Balaban J connectivity index is 1.78. The van der Waals surface area contributed by atoms with Crippen LogP contribution in [0.4, 0.5) is 4.79 Å². The van der Waals surface area contributed by atoms with Crippen LogP contribution in [0, 0.1) is 0 Å². The van der Waals surface area contributed by atoms with Gasteiger partial charge in [-0.15, -0.1) is 0 Å². The van der Waals surface area contributed by atoms with Crippen molar-refractivity contribution in [1.29, 1.82) is 0 Å². The molecule has 96 valence electrons. The molecule has 3 rings (SSSR count). The highest BCUT2D eigenvalue weighted by molar-refractivity contribution is 7.80. The summed E-state index contributed by atoms with van der Waals surface area (Å²) < 4.78 is 10.6. The molecule has 0 radical (unpaired) electrons. The molecule has 1 aromatic carbocycles. The highest BCUT2D eigenvalue weighted by atomic mass is 32.1. The van der Waals surface area contributed by atoms with Crippen molar-refractivity contribution in [3.8, 4) is 11.5 Å². The van der Waals surface area contributed by atoms with Crippen LogP contribution in [0.5, 0.6) is 11.5 Å². The fourth-order valence-electron chi connectivity index (χ4n) is 2.22. The number of fused-ring (bicyclic) bond motifs is 1. The van der Waals surface area contributed by atoms with Crippen LogP contribution in [0.15, 0.2) is 18.2 Å². The van der Waals surface area contributed by atoms with Gasteiger partial charge in [-0.3, -0.25) is 0 Å². The molecule has 0 aliphatic carbocycles. The zero-order valence-electron chi connectivity index (χ0n) is 9.76. The number of hydrogen-bond acceptors (Lipinski definition) is 4. The van der Waals surface area contributed by atoms with Crippen LogP contribution < -0.4 is 14.8 Å². The maximum absolute atomic E-state index is 11.7. The summed E-state index contributed by atoms with van der Waals surface area (Å²) in [5, 5.41) is 2.95. The summed E-state index contributed by atoms with van der Waals surface area (Å²) in [6.07, 6.45) is 0. The first-order chi connectivity index (χ1) is 8.78. The van der Waals surface area contributed by atoms with Crippen molar-refractivity contribution in [2.24, 2.45) is 0 Å². The number of carbonyl (C=O) groups is 1. The Morgan fingerprint density at radius 3 is 3.06 bits per heavy atom. The third-order valence-corrected chi connectivity index (χ3v) is 3.36. The van der Waals surface area contributed by atoms with Gasteiger partial charge in [-0.2, -0.15) is 12.6 Å². The van der Waals surface area contributed by atoms with E-state index in [0.29, 0.717) is 18.8 Å². The van der Waals surface area contributed by atoms with E-state index in [9.17, 15) is 4.79 Å². The number of thiol groups is 1. The summed E-state index contributed by atoms with van der Waals surface area (Å²) in [6, 6.07) is 5.74. The van der Waals surface area contributed by atoms with E-state index in [1.807, 2.05) is 18.2 Å². The lowest BCUT2D eigenvalue weighted by Gasteiger charge is -2.13. The van der Waals surface area contributed by atoms with Crippen molar-refractivity contribution in [1.82, 2.24) is 10.2 Å². The van der Waals surface area contributed by atoms with Crippen molar-refractivity contribution in [3.05, 3.63) is 23.8 Å². The molecule has 0 aromatic heterocycles.